The highest BCUT2D eigenvalue weighted by molar-refractivity contribution is 7.91. The molecular weight excluding hydrogens is 356 g/mol. The summed E-state index contributed by atoms with van der Waals surface area (Å²) < 4.78 is 29.2. The van der Waals surface area contributed by atoms with Crippen LogP contribution in [0.15, 0.2) is 35.1 Å². The smallest absolute Gasteiger partial charge is 0.251 e. The molecule has 2 aromatic rings. The minimum atomic E-state index is -3.17. The Bertz CT molecular complexity index is 1010. The number of fused-ring (bicyclic) bond motifs is 2. The lowest BCUT2D eigenvalue weighted by molar-refractivity contribution is -0.142. The monoisotopic (exact) mass is 376 g/mol. The van der Waals surface area contributed by atoms with E-state index in [0.717, 1.165) is 10.9 Å². The zero-order valence-electron chi connectivity index (χ0n) is 14.2. The average molecular weight is 376 g/mol. The Hall–Kier alpha value is -2.19. The van der Waals surface area contributed by atoms with Crippen LogP contribution >= 0.6 is 0 Å². The molecule has 3 heterocycles. The van der Waals surface area contributed by atoms with Gasteiger partial charge in [-0.05, 0) is 23.9 Å². The molecule has 2 fully saturated rings. The number of benzene rings is 1. The maximum atomic E-state index is 12.7. The van der Waals surface area contributed by atoms with Gasteiger partial charge in [0.1, 0.15) is 0 Å². The number of hydrogen-bond acceptors (Lipinski definition) is 5. The van der Waals surface area contributed by atoms with Gasteiger partial charge in [0.05, 0.1) is 30.3 Å². The molecule has 1 aromatic heterocycles. The molecule has 138 valence electrons. The zero-order valence-corrected chi connectivity index (χ0v) is 15.0. The lowest BCUT2D eigenvalue weighted by Crippen LogP contribution is -2.53. The van der Waals surface area contributed by atoms with Crippen LogP contribution in [0.4, 0.5) is 0 Å². The first kappa shape index (κ1) is 17.2. The van der Waals surface area contributed by atoms with Crippen LogP contribution in [0.1, 0.15) is 12.0 Å². The molecule has 7 nitrogen and oxygen atoms in total. The highest BCUT2D eigenvalue weighted by Gasteiger charge is 2.45. The second-order valence-electron chi connectivity index (χ2n) is 6.85. The number of sulfone groups is 1. The number of nitrogens with one attached hydrogen (secondary N) is 1. The number of aryl methyl sites for hydroxylation is 1. The van der Waals surface area contributed by atoms with Crippen LogP contribution in [0.25, 0.3) is 10.9 Å². The number of aromatic nitrogens is 1. The van der Waals surface area contributed by atoms with E-state index in [1.165, 1.54) is 0 Å². The Morgan fingerprint density at radius 3 is 2.92 bits per heavy atom. The number of hydrogen-bond donors (Lipinski definition) is 1. The van der Waals surface area contributed by atoms with E-state index in [2.05, 4.69) is 4.98 Å². The third-order valence-corrected chi connectivity index (χ3v) is 6.78. The van der Waals surface area contributed by atoms with Crippen LogP contribution in [-0.4, -0.2) is 61.0 Å². The largest absolute Gasteiger partial charge is 0.373 e. The van der Waals surface area contributed by atoms with Crippen molar-refractivity contribution in [2.75, 3.05) is 24.7 Å². The normalized spacial score (nSPS) is 24.5. The van der Waals surface area contributed by atoms with E-state index < -0.39 is 22.0 Å². The Morgan fingerprint density at radius 2 is 2.08 bits per heavy atom. The standard InChI is InChI=1S/C18H20N2O5S/c21-17(20-7-8-25-16-11-26(23,24)10-15(16)20)6-5-13-9-12-3-1-2-4-14(12)19-18(13)22/h1-4,9,15-16H,5-8,10-11H2,(H,19,22). The quantitative estimate of drug-likeness (QED) is 0.841. The summed E-state index contributed by atoms with van der Waals surface area (Å²) in [5.74, 6) is -0.195. The summed E-state index contributed by atoms with van der Waals surface area (Å²) in [5, 5.41) is 0.919. The second-order valence-corrected chi connectivity index (χ2v) is 9.01. The van der Waals surface area contributed by atoms with Crippen molar-refractivity contribution in [3.8, 4) is 0 Å². The van der Waals surface area contributed by atoms with Crippen LogP contribution in [-0.2, 0) is 25.8 Å². The third-order valence-electron chi connectivity index (χ3n) is 5.10. The van der Waals surface area contributed by atoms with Crippen LogP contribution in [0.2, 0.25) is 0 Å². The van der Waals surface area contributed by atoms with Gasteiger partial charge >= 0.3 is 0 Å². The van der Waals surface area contributed by atoms with Crippen molar-refractivity contribution in [3.05, 3.63) is 46.2 Å². The van der Waals surface area contributed by atoms with Gasteiger partial charge in [0, 0.05) is 24.0 Å². The molecule has 2 aliphatic rings. The van der Waals surface area contributed by atoms with Crippen molar-refractivity contribution in [2.24, 2.45) is 0 Å². The number of carbonyl (C=O) groups excluding carboxylic acids is 1. The van der Waals surface area contributed by atoms with Gasteiger partial charge in [0.25, 0.3) is 5.56 Å². The minimum absolute atomic E-state index is 0.0220. The zero-order chi connectivity index (χ0) is 18.3. The van der Waals surface area contributed by atoms with E-state index in [1.807, 2.05) is 30.3 Å². The summed E-state index contributed by atoms with van der Waals surface area (Å²) in [6.45, 7) is 0.739. The molecular formula is C18H20N2O5S. The van der Waals surface area contributed by atoms with E-state index in [9.17, 15) is 18.0 Å². The number of para-hydroxylation sites is 1. The maximum absolute atomic E-state index is 12.7. The molecule has 1 N–H and O–H groups in total. The summed E-state index contributed by atoms with van der Waals surface area (Å²) in [7, 11) is -3.17. The van der Waals surface area contributed by atoms with Gasteiger partial charge in [-0.1, -0.05) is 18.2 Å². The predicted octanol–water partition coefficient (Wildman–Crippen LogP) is 0.485. The fraction of sp³-hybridized carbons (Fsp3) is 0.444. The van der Waals surface area contributed by atoms with Gasteiger partial charge in [-0.25, -0.2) is 8.42 Å². The van der Waals surface area contributed by atoms with Crippen LogP contribution in [0.5, 0.6) is 0 Å². The molecule has 2 saturated heterocycles. The topological polar surface area (TPSA) is 96.5 Å². The predicted molar refractivity (Wildman–Crippen MR) is 96.8 cm³/mol. The molecule has 8 heteroatoms. The van der Waals surface area contributed by atoms with E-state index >= 15 is 0 Å². The van der Waals surface area contributed by atoms with Crippen molar-refractivity contribution in [1.82, 2.24) is 9.88 Å². The van der Waals surface area contributed by atoms with E-state index in [1.54, 1.807) is 4.90 Å². The summed E-state index contributed by atoms with van der Waals surface area (Å²) in [5.41, 5.74) is 1.13. The maximum Gasteiger partial charge on any atom is 0.251 e. The number of aromatic amines is 1. The third kappa shape index (κ3) is 3.26. The number of ether oxygens (including phenoxy) is 1. The summed E-state index contributed by atoms with van der Waals surface area (Å²) in [6.07, 6.45) is 0.0623. The highest BCUT2D eigenvalue weighted by Crippen LogP contribution is 2.25. The molecule has 0 spiro atoms. The van der Waals surface area contributed by atoms with Crippen molar-refractivity contribution in [2.45, 2.75) is 25.0 Å². The van der Waals surface area contributed by atoms with Crippen LogP contribution < -0.4 is 5.56 Å². The van der Waals surface area contributed by atoms with Crippen LogP contribution in [0, 0.1) is 0 Å². The lowest BCUT2D eigenvalue weighted by Gasteiger charge is -2.36. The number of H-pyrrole nitrogens is 1. The van der Waals surface area contributed by atoms with Gasteiger partial charge in [0.15, 0.2) is 9.84 Å². The molecule has 2 atom stereocenters. The summed E-state index contributed by atoms with van der Waals surface area (Å²) >= 11 is 0. The van der Waals surface area contributed by atoms with Crippen LogP contribution in [0.3, 0.4) is 0 Å². The molecule has 26 heavy (non-hydrogen) atoms. The Kier molecular flexibility index (Phi) is 4.32. The molecule has 0 radical (unpaired) electrons. The van der Waals surface area contributed by atoms with Crippen molar-refractivity contribution in [1.29, 1.82) is 0 Å². The molecule has 0 aliphatic carbocycles. The second kappa shape index (κ2) is 6.51. The fourth-order valence-corrected chi connectivity index (χ4v) is 5.66. The number of rotatable bonds is 3. The van der Waals surface area contributed by atoms with Gasteiger partial charge in [-0.2, -0.15) is 0 Å². The van der Waals surface area contributed by atoms with Crippen molar-refractivity contribution in [3.63, 3.8) is 0 Å². The SMILES string of the molecule is O=C(CCc1cc2ccccc2[nH]c1=O)N1CCOC2CS(=O)(=O)CC21. The molecule has 1 amide bonds. The molecule has 2 aliphatic heterocycles. The number of amides is 1. The Balaban J connectivity index is 1.49. The number of morpholine rings is 1. The first-order valence-corrected chi connectivity index (χ1v) is 10.5. The average Bonchev–Trinajstić information content (AvgIpc) is 2.93. The Morgan fingerprint density at radius 1 is 1.27 bits per heavy atom. The lowest BCUT2D eigenvalue weighted by atomic mass is 10.1. The fourth-order valence-electron chi connectivity index (χ4n) is 3.79. The molecule has 2 unspecified atom stereocenters. The molecule has 4 rings (SSSR count). The van der Waals surface area contributed by atoms with Gasteiger partial charge < -0.3 is 14.6 Å². The number of pyridine rings is 1. The van der Waals surface area contributed by atoms with Gasteiger partial charge in [-0.3, -0.25) is 9.59 Å². The van der Waals surface area contributed by atoms with E-state index in [0.29, 0.717) is 25.1 Å². The summed E-state index contributed by atoms with van der Waals surface area (Å²) in [6, 6.07) is 8.89. The van der Waals surface area contributed by atoms with Crippen molar-refractivity contribution < 1.29 is 17.9 Å². The van der Waals surface area contributed by atoms with Gasteiger partial charge in [0.2, 0.25) is 5.91 Å². The molecule has 0 saturated carbocycles. The first-order chi connectivity index (χ1) is 12.4. The van der Waals surface area contributed by atoms with E-state index in [4.69, 9.17) is 4.74 Å². The van der Waals surface area contributed by atoms with Crippen molar-refractivity contribution >= 4 is 26.6 Å². The van der Waals surface area contributed by atoms with E-state index in [-0.39, 0.29) is 29.4 Å². The highest BCUT2D eigenvalue weighted by atomic mass is 32.2. The number of carbonyl (C=O) groups is 1. The summed E-state index contributed by atoms with van der Waals surface area (Å²) in [4.78, 5) is 29.3. The Labute approximate surface area is 150 Å². The molecule has 1 aromatic carbocycles. The van der Waals surface area contributed by atoms with Gasteiger partial charge in [-0.15, -0.1) is 0 Å². The minimum Gasteiger partial charge on any atom is -0.373 e. The first-order valence-electron chi connectivity index (χ1n) is 8.65. The molecule has 0 bridgehead atoms. The number of nitrogens with zero attached hydrogens (tertiary/aromatic N) is 1.